The largest absolute Gasteiger partial charge is 0.394 e. The van der Waals surface area contributed by atoms with Crippen molar-refractivity contribution in [3.8, 4) is 11.3 Å². The molecular formula is C25H28F2N8O. The van der Waals surface area contributed by atoms with Crippen LogP contribution in [-0.2, 0) is 0 Å². The smallest absolute Gasteiger partial charge is 0.229 e. The van der Waals surface area contributed by atoms with Crippen LogP contribution in [0.4, 0.5) is 26.2 Å². The van der Waals surface area contributed by atoms with Gasteiger partial charge in [0.1, 0.15) is 22.9 Å². The van der Waals surface area contributed by atoms with E-state index >= 15 is 0 Å². The Hall–Kier alpha value is -3.70. The second kappa shape index (κ2) is 9.75. The molecular weight excluding hydrogens is 466 g/mol. The van der Waals surface area contributed by atoms with Crippen molar-refractivity contribution in [1.82, 2.24) is 29.8 Å². The van der Waals surface area contributed by atoms with E-state index in [1.807, 2.05) is 31.4 Å². The minimum Gasteiger partial charge on any atom is -0.394 e. The summed E-state index contributed by atoms with van der Waals surface area (Å²) in [6, 6.07) is 6.65. The molecule has 4 aromatic rings. The lowest BCUT2D eigenvalue weighted by Crippen LogP contribution is -2.53. The molecule has 5 rings (SSSR count). The van der Waals surface area contributed by atoms with Gasteiger partial charge in [-0.15, -0.1) is 0 Å². The minimum absolute atomic E-state index is 0.0177. The minimum atomic E-state index is -0.663. The normalized spacial score (nSPS) is 16.2. The van der Waals surface area contributed by atoms with Gasteiger partial charge >= 0.3 is 0 Å². The molecule has 3 aromatic heterocycles. The molecule has 11 heteroatoms. The fourth-order valence-electron chi connectivity index (χ4n) is 4.70. The van der Waals surface area contributed by atoms with Gasteiger partial charge in [0.25, 0.3) is 0 Å². The molecule has 1 atom stereocenters. The predicted octanol–water partition coefficient (Wildman–Crippen LogP) is 3.57. The number of halogens is 2. The van der Waals surface area contributed by atoms with Crippen molar-refractivity contribution in [3.63, 3.8) is 0 Å². The van der Waals surface area contributed by atoms with Gasteiger partial charge in [-0.05, 0) is 45.0 Å². The summed E-state index contributed by atoms with van der Waals surface area (Å²) in [5, 5.41) is 15.9. The van der Waals surface area contributed by atoms with Crippen LogP contribution in [0.1, 0.15) is 25.7 Å². The first-order chi connectivity index (χ1) is 17.4. The Kier molecular flexibility index (Phi) is 6.50. The van der Waals surface area contributed by atoms with E-state index in [4.69, 9.17) is 0 Å². The van der Waals surface area contributed by atoms with Crippen LogP contribution in [-0.4, -0.2) is 61.9 Å². The highest BCUT2D eigenvalue weighted by molar-refractivity contribution is 5.83. The Balaban J connectivity index is 1.43. The number of nitrogens with one attached hydrogen (secondary N) is 2. The lowest BCUT2D eigenvalue weighted by Gasteiger charge is -2.36. The zero-order valence-corrected chi connectivity index (χ0v) is 20.3. The van der Waals surface area contributed by atoms with E-state index in [-0.39, 0.29) is 35.8 Å². The van der Waals surface area contributed by atoms with Gasteiger partial charge in [-0.1, -0.05) is 0 Å². The number of hydrogen-bond donors (Lipinski definition) is 3. The lowest BCUT2D eigenvalue weighted by atomic mass is 10.1. The summed E-state index contributed by atoms with van der Waals surface area (Å²) in [6.45, 7) is 8.12. The molecule has 3 N–H and O–H groups in total. The molecule has 0 amide bonds. The van der Waals surface area contributed by atoms with Crippen LogP contribution < -0.4 is 15.5 Å². The van der Waals surface area contributed by atoms with Crippen molar-refractivity contribution in [2.75, 3.05) is 36.5 Å². The topological polar surface area (TPSA) is 104 Å². The molecule has 36 heavy (non-hydrogen) atoms. The molecule has 1 aliphatic rings. The zero-order chi connectivity index (χ0) is 25.4. The third-order valence-corrected chi connectivity index (χ3v) is 6.34. The quantitative estimate of drug-likeness (QED) is 0.374. The summed E-state index contributed by atoms with van der Waals surface area (Å²) in [5.41, 5.74) is 1.99. The number of aromatic nitrogens is 5. The molecule has 0 bridgehead atoms. The Morgan fingerprint density at radius 3 is 2.69 bits per heavy atom. The number of aliphatic hydroxyl groups excluding tert-OH is 1. The SMILES string of the molecule is Cc1nc2c(F)cc(-c3nc(Nc4ccc(N5CCNC[C@H]5CO)cn4)ncc3F)cc2n1C(C)C. The van der Waals surface area contributed by atoms with Crippen LogP contribution in [0, 0.1) is 18.6 Å². The van der Waals surface area contributed by atoms with Crippen LogP contribution in [0.5, 0.6) is 0 Å². The van der Waals surface area contributed by atoms with E-state index in [2.05, 4.69) is 35.5 Å². The van der Waals surface area contributed by atoms with E-state index < -0.39 is 11.6 Å². The first-order valence-electron chi connectivity index (χ1n) is 11.9. The molecule has 0 unspecified atom stereocenters. The second-order valence-electron chi connectivity index (χ2n) is 9.10. The number of benzene rings is 1. The first kappa shape index (κ1) is 24.0. The number of imidazole rings is 1. The van der Waals surface area contributed by atoms with Crippen LogP contribution in [0.25, 0.3) is 22.3 Å². The predicted molar refractivity (Wildman–Crippen MR) is 134 cm³/mol. The summed E-state index contributed by atoms with van der Waals surface area (Å²) in [5.74, 6) is 0.0908. The van der Waals surface area contributed by atoms with Crippen molar-refractivity contribution in [3.05, 3.63) is 54.1 Å². The van der Waals surface area contributed by atoms with Crippen molar-refractivity contribution in [2.24, 2.45) is 0 Å². The lowest BCUT2D eigenvalue weighted by molar-refractivity contribution is 0.246. The molecule has 4 heterocycles. The molecule has 1 aromatic carbocycles. The Labute approximate surface area is 207 Å². The number of anilines is 3. The van der Waals surface area contributed by atoms with Crippen LogP contribution in [0.15, 0.2) is 36.7 Å². The molecule has 0 saturated carbocycles. The third-order valence-electron chi connectivity index (χ3n) is 6.34. The standard InChI is InChI=1S/C25H28F2N8O/c1-14(2)35-15(3)31-24-19(26)8-16(9-21(24)35)23-20(27)12-30-25(33-23)32-22-5-4-17(11-29-22)34-7-6-28-10-18(34)13-36/h4-5,8-9,11-12,14,18,28,36H,6-7,10,13H2,1-3H3,(H,29,30,32,33)/t18-/m0/s1. The molecule has 1 fully saturated rings. The molecule has 1 aliphatic heterocycles. The Bertz CT molecular complexity index is 1390. The van der Waals surface area contributed by atoms with E-state index in [0.717, 1.165) is 25.0 Å². The molecule has 0 spiro atoms. The Morgan fingerprint density at radius 1 is 1.14 bits per heavy atom. The summed E-state index contributed by atoms with van der Waals surface area (Å²) >= 11 is 0. The highest BCUT2D eigenvalue weighted by atomic mass is 19.1. The van der Waals surface area contributed by atoms with E-state index in [0.29, 0.717) is 29.3 Å². The monoisotopic (exact) mass is 494 g/mol. The number of hydrogen-bond acceptors (Lipinski definition) is 8. The Morgan fingerprint density at radius 2 is 1.97 bits per heavy atom. The summed E-state index contributed by atoms with van der Waals surface area (Å²) in [6.07, 6.45) is 2.76. The van der Waals surface area contributed by atoms with E-state index in [9.17, 15) is 13.9 Å². The highest BCUT2D eigenvalue weighted by Gasteiger charge is 2.22. The average molecular weight is 495 g/mol. The molecule has 188 valence electrons. The maximum atomic E-state index is 14.9. The summed E-state index contributed by atoms with van der Waals surface area (Å²) in [7, 11) is 0. The molecule has 1 saturated heterocycles. The number of piperazine rings is 1. The van der Waals surface area contributed by atoms with Crippen LogP contribution >= 0.6 is 0 Å². The zero-order valence-electron chi connectivity index (χ0n) is 20.3. The van der Waals surface area contributed by atoms with Gasteiger partial charge in [-0.3, -0.25) is 0 Å². The van der Waals surface area contributed by atoms with Gasteiger partial charge in [0.2, 0.25) is 5.95 Å². The second-order valence-corrected chi connectivity index (χ2v) is 9.10. The molecule has 0 aliphatic carbocycles. The molecule has 0 radical (unpaired) electrons. The van der Waals surface area contributed by atoms with Gasteiger partial charge in [0.15, 0.2) is 11.6 Å². The third kappa shape index (κ3) is 4.47. The summed E-state index contributed by atoms with van der Waals surface area (Å²) in [4.78, 5) is 19.2. The fraction of sp³-hybridized carbons (Fsp3) is 0.360. The van der Waals surface area contributed by atoms with E-state index in [1.54, 1.807) is 18.3 Å². The van der Waals surface area contributed by atoms with E-state index in [1.165, 1.54) is 6.07 Å². The van der Waals surface area contributed by atoms with Crippen molar-refractivity contribution in [1.29, 1.82) is 0 Å². The van der Waals surface area contributed by atoms with Crippen LogP contribution in [0.2, 0.25) is 0 Å². The number of fused-ring (bicyclic) bond motifs is 1. The fourth-order valence-corrected chi connectivity index (χ4v) is 4.70. The highest BCUT2D eigenvalue weighted by Crippen LogP contribution is 2.30. The summed E-state index contributed by atoms with van der Waals surface area (Å²) < 4.78 is 31.6. The van der Waals surface area contributed by atoms with Gasteiger partial charge in [-0.25, -0.2) is 28.7 Å². The number of aliphatic hydroxyl groups is 1. The number of nitrogens with zero attached hydrogens (tertiary/aromatic N) is 6. The van der Waals surface area contributed by atoms with Gasteiger partial charge < -0.3 is 25.2 Å². The number of pyridine rings is 1. The number of rotatable bonds is 6. The molecule has 9 nitrogen and oxygen atoms in total. The van der Waals surface area contributed by atoms with Crippen molar-refractivity contribution in [2.45, 2.75) is 32.9 Å². The maximum absolute atomic E-state index is 14.9. The average Bonchev–Trinajstić information content (AvgIpc) is 3.22. The van der Waals surface area contributed by atoms with Crippen molar-refractivity contribution < 1.29 is 13.9 Å². The van der Waals surface area contributed by atoms with Gasteiger partial charge in [0.05, 0.1) is 36.2 Å². The van der Waals surface area contributed by atoms with Gasteiger partial charge in [0, 0.05) is 31.2 Å². The first-order valence-corrected chi connectivity index (χ1v) is 11.9. The van der Waals surface area contributed by atoms with Crippen LogP contribution in [0.3, 0.4) is 0 Å². The van der Waals surface area contributed by atoms with Crippen molar-refractivity contribution >= 4 is 28.5 Å². The number of aryl methyl sites for hydroxylation is 1. The van der Waals surface area contributed by atoms with Gasteiger partial charge in [-0.2, -0.15) is 0 Å². The maximum Gasteiger partial charge on any atom is 0.229 e.